The second kappa shape index (κ2) is 6.23. The van der Waals surface area contributed by atoms with Crippen LogP contribution in [0.2, 0.25) is 0 Å². The smallest absolute Gasteiger partial charge is 0.318 e. The Morgan fingerprint density at radius 2 is 2.06 bits per heavy atom. The highest BCUT2D eigenvalue weighted by molar-refractivity contribution is 5.61. The Kier molecular flexibility index (Phi) is 4.95. The number of ether oxygens (including phenoxy) is 2. The zero-order valence-electron chi connectivity index (χ0n) is 11.2. The number of rotatable bonds is 6. The molecule has 0 aliphatic rings. The molecule has 1 rings (SSSR count). The highest BCUT2D eigenvalue weighted by atomic mass is 16.6. The zero-order chi connectivity index (χ0) is 13.7. The van der Waals surface area contributed by atoms with Crippen molar-refractivity contribution in [1.29, 1.82) is 0 Å². The second-order valence-electron chi connectivity index (χ2n) is 4.03. The number of nitro benzene ring substituents is 1. The SMILES string of the molecule is CCOc1ccc(C(C)CC)c([N+](=O)[O-])c1OC. The summed E-state index contributed by atoms with van der Waals surface area (Å²) in [7, 11) is 1.42. The molecule has 1 aromatic rings. The van der Waals surface area contributed by atoms with Gasteiger partial charge in [0.05, 0.1) is 18.6 Å². The number of hydrogen-bond donors (Lipinski definition) is 0. The van der Waals surface area contributed by atoms with E-state index >= 15 is 0 Å². The van der Waals surface area contributed by atoms with Crippen LogP contribution in [0.25, 0.3) is 0 Å². The predicted octanol–water partition coefficient (Wildman–Crippen LogP) is 3.52. The average molecular weight is 253 g/mol. The molecule has 5 nitrogen and oxygen atoms in total. The average Bonchev–Trinajstić information content (AvgIpc) is 2.37. The minimum absolute atomic E-state index is 0.0119. The molecular weight excluding hydrogens is 234 g/mol. The van der Waals surface area contributed by atoms with Crippen LogP contribution >= 0.6 is 0 Å². The Balaban J connectivity index is 3.43. The standard InChI is InChI=1S/C13H19NO4/c1-5-9(3)10-7-8-11(18-6-2)13(17-4)12(10)14(15)16/h7-9H,5-6H2,1-4H3. The van der Waals surface area contributed by atoms with Gasteiger partial charge in [0, 0.05) is 5.56 Å². The maximum atomic E-state index is 11.2. The fourth-order valence-electron chi connectivity index (χ4n) is 1.84. The van der Waals surface area contributed by atoms with Gasteiger partial charge >= 0.3 is 5.69 Å². The normalized spacial score (nSPS) is 12.0. The molecule has 0 radical (unpaired) electrons. The molecule has 0 aliphatic heterocycles. The summed E-state index contributed by atoms with van der Waals surface area (Å²) in [6.07, 6.45) is 0.831. The molecule has 1 aromatic carbocycles. The number of nitro groups is 1. The molecule has 0 aliphatic carbocycles. The van der Waals surface area contributed by atoms with Gasteiger partial charge in [0.1, 0.15) is 0 Å². The minimum atomic E-state index is -0.400. The van der Waals surface area contributed by atoms with Crippen LogP contribution in [0.1, 0.15) is 38.7 Å². The van der Waals surface area contributed by atoms with Gasteiger partial charge in [-0.3, -0.25) is 10.1 Å². The molecular formula is C13H19NO4. The van der Waals surface area contributed by atoms with Crippen LogP contribution in [-0.2, 0) is 0 Å². The summed E-state index contributed by atoms with van der Waals surface area (Å²) < 4.78 is 10.5. The Hall–Kier alpha value is -1.78. The largest absolute Gasteiger partial charge is 0.490 e. The molecule has 0 amide bonds. The van der Waals surface area contributed by atoms with E-state index in [1.165, 1.54) is 7.11 Å². The molecule has 0 fully saturated rings. The van der Waals surface area contributed by atoms with E-state index in [0.717, 1.165) is 6.42 Å². The summed E-state index contributed by atoms with van der Waals surface area (Å²) in [6.45, 7) is 6.23. The molecule has 1 unspecified atom stereocenters. The summed E-state index contributed by atoms with van der Waals surface area (Å²) in [5.41, 5.74) is 0.695. The van der Waals surface area contributed by atoms with Crippen molar-refractivity contribution in [3.63, 3.8) is 0 Å². The third-order valence-electron chi connectivity index (χ3n) is 2.96. The highest BCUT2D eigenvalue weighted by Crippen LogP contribution is 2.42. The van der Waals surface area contributed by atoms with Gasteiger partial charge in [0.2, 0.25) is 5.75 Å². The van der Waals surface area contributed by atoms with Gasteiger partial charge in [-0.15, -0.1) is 0 Å². The van der Waals surface area contributed by atoms with Crippen LogP contribution in [-0.4, -0.2) is 18.6 Å². The fraction of sp³-hybridized carbons (Fsp3) is 0.538. The monoisotopic (exact) mass is 253 g/mol. The summed E-state index contributed by atoms with van der Waals surface area (Å²) in [5, 5.41) is 11.2. The first-order chi connectivity index (χ1) is 8.56. The zero-order valence-corrected chi connectivity index (χ0v) is 11.2. The summed E-state index contributed by atoms with van der Waals surface area (Å²) in [5.74, 6) is 0.730. The van der Waals surface area contributed by atoms with E-state index in [2.05, 4.69) is 0 Å². The van der Waals surface area contributed by atoms with Crippen molar-refractivity contribution in [3.8, 4) is 11.5 Å². The van der Waals surface area contributed by atoms with Crippen LogP contribution in [0.3, 0.4) is 0 Å². The van der Waals surface area contributed by atoms with Crippen LogP contribution in [0.4, 0.5) is 5.69 Å². The lowest BCUT2D eigenvalue weighted by atomic mass is 9.96. The first-order valence-corrected chi connectivity index (χ1v) is 6.04. The van der Waals surface area contributed by atoms with E-state index in [0.29, 0.717) is 17.9 Å². The lowest BCUT2D eigenvalue weighted by Gasteiger charge is -2.15. The molecule has 0 bridgehead atoms. The number of hydrogen-bond acceptors (Lipinski definition) is 4. The maximum absolute atomic E-state index is 11.2. The van der Waals surface area contributed by atoms with Gasteiger partial charge < -0.3 is 9.47 Å². The van der Waals surface area contributed by atoms with Crippen molar-refractivity contribution in [2.75, 3.05) is 13.7 Å². The lowest BCUT2D eigenvalue weighted by Crippen LogP contribution is -2.04. The molecule has 5 heteroatoms. The molecule has 0 saturated heterocycles. The van der Waals surface area contributed by atoms with Gasteiger partial charge in [-0.05, 0) is 31.4 Å². The quantitative estimate of drug-likeness (QED) is 0.575. The van der Waals surface area contributed by atoms with E-state index in [-0.39, 0.29) is 17.4 Å². The summed E-state index contributed by atoms with van der Waals surface area (Å²) in [4.78, 5) is 10.8. The van der Waals surface area contributed by atoms with Crippen LogP contribution in [0.15, 0.2) is 12.1 Å². The van der Waals surface area contributed by atoms with Crippen LogP contribution < -0.4 is 9.47 Å². The molecule has 0 spiro atoms. The Labute approximate surface area is 107 Å². The van der Waals surface area contributed by atoms with Gasteiger partial charge in [0.25, 0.3) is 0 Å². The second-order valence-corrected chi connectivity index (χ2v) is 4.03. The third kappa shape index (κ3) is 2.72. The first kappa shape index (κ1) is 14.3. The minimum Gasteiger partial charge on any atom is -0.490 e. The van der Waals surface area contributed by atoms with Crippen molar-refractivity contribution in [2.45, 2.75) is 33.1 Å². The van der Waals surface area contributed by atoms with Crippen molar-refractivity contribution in [2.24, 2.45) is 0 Å². The lowest BCUT2D eigenvalue weighted by molar-refractivity contribution is -0.386. The van der Waals surface area contributed by atoms with E-state index in [1.54, 1.807) is 12.1 Å². The first-order valence-electron chi connectivity index (χ1n) is 6.04. The molecule has 0 N–H and O–H groups in total. The third-order valence-corrected chi connectivity index (χ3v) is 2.96. The molecule has 0 saturated carbocycles. The number of methoxy groups -OCH3 is 1. The molecule has 0 heterocycles. The van der Waals surface area contributed by atoms with Gasteiger partial charge in [-0.25, -0.2) is 0 Å². The summed E-state index contributed by atoms with van der Waals surface area (Å²) in [6, 6.07) is 3.48. The molecule has 0 aromatic heterocycles. The molecule has 1 atom stereocenters. The van der Waals surface area contributed by atoms with E-state index in [4.69, 9.17) is 9.47 Å². The Bertz CT molecular complexity index is 431. The maximum Gasteiger partial charge on any atom is 0.318 e. The topological polar surface area (TPSA) is 61.6 Å². The van der Waals surface area contributed by atoms with Crippen molar-refractivity contribution in [3.05, 3.63) is 27.8 Å². The number of benzene rings is 1. The van der Waals surface area contributed by atoms with Crippen molar-refractivity contribution in [1.82, 2.24) is 0 Å². The van der Waals surface area contributed by atoms with Crippen LogP contribution in [0, 0.1) is 10.1 Å². The summed E-state index contributed by atoms with van der Waals surface area (Å²) >= 11 is 0. The van der Waals surface area contributed by atoms with Crippen molar-refractivity contribution < 1.29 is 14.4 Å². The van der Waals surface area contributed by atoms with E-state index < -0.39 is 4.92 Å². The van der Waals surface area contributed by atoms with Gasteiger partial charge in [-0.2, -0.15) is 0 Å². The predicted molar refractivity (Wildman–Crippen MR) is 69.5 cm³/mol. The van der Waals surface area contributed by atoms with Crippen molar-refractivity contribution >= 4 is 5.69 Å². The van der Waals surface area contributed by atoms with E-state index in [1.807, 2.05) is 20.8 Å². The van der Waals surface area contributed by atoms with E-state index in [9.17, 15) is 10.1 Å². The van der Waals surface area contributed by atoms with Gasteiger partial charge in [-0.1, -0.05) is 13.8 Å². The fourth-order valence-corrected chi connectivity index (χ4v) is 1.84. The van der Waals surface area contributed by atoms with Crippen LogP contribution in [0.5, 0.6) is 11.5 Å². The number of nitrogens with zero attached hydrogens (tertiary/aromatic N) is 1. The molecule has 18 heavy (non-hydrogen) atoms. The van der Waals surface area contributed by atoms with Gasteiger partial charge in [0.15, 0.2) is 5.75 Å². The Morgan fingerprint density at radius 1 is 1.39 bits per heavy atom. The molecule has 100 valence electrons. The highest BCUT2D eigenvalue weighted by Gasteiger charge is 2.27. The Morgan fingerprint density at radius 3 is 2.50 bits per heavy atom.